The maximum Gasteiger partial charge on any atom is 0.327 e. The molecule has 1 saturated heterocycles. The third-order valence-electron chi connectivity index (χ3n) is 3.45. The van der Waals surface area contributed by atoms with Crippen LogP contribution in [0.5, 0.6) is 0 Å². The SMILES string of the molecule is C/C=C1/SC(F)(F)C(N=O)/C1=C(/COCc1ccccc1)C(F)F. The van der Waals surface area contributed by atoms with Gasteiger partial charge in [0.25, 0.3) is 6.43 Å². The normalized spacial score (nSPS) is 23.8. The van der Waals surface area contributed by atoms with E-state index in [-0.39, 0.29) is 23.3 Å². The summed E-state index contributed by atoms with van der Waals surface area (Å²) in [5.74, 6) is 0. The van der Waals surface area contributed by atoms with Gasteiger partial charge in [-0.1, -0.05) is 41.6 Å². The zero-order chi connectivity index (χ0) is 17.7. The Morgan fingerprint density at radius 2 is 2.04 bits per heavy atom. The van der Waals surface area contributed by atoms with Crippen molar-refractivity contribution in [1.29, 1.82) is 0 Å². The lowest BCUT2D eigenvalue weighted by atomic mass is 10.0. The van der Waals surface area contributed by atoms with Gasteiger partial charge in [-0.05, 0) is 24.2 Å². The highest BCUT2D eigenvalue weighted by Gasteiger charge is 2.54. The largest absolute Gasteiger partial charge is 0.372 e. The van der Waals surface area contributed by atoms with Crippen LogP contribution in [0, 0.1) is 4.91 Å². The first-order valence-corrected chi connectivity index (χ1v) is 7.91. The molecule has 1 heterocycles. The number of nitrogens with zero attached hydrogens (tertiary/aromatic N) is 1. The fourth-order valence-corrected chi connectivity index (χ4v) is 3.37. The highest BCUT2D eigenvalue weighted by molar-refractivity contribution is 8.04. The Morgan fingerprint density at radius 3 is 2.58 bits per heavy atom. The van der Waals surface area contributed by atoms with Gasteiger partial charge in [-0.25, -0.2) is 8.78 Å². The van der Waals surface area contributed by atoms with Crippen LogP contribution >= 0.6 is 11.8 Å². The van der Waals surface area contributed by atoms with Crippen LogP contribution in [0.15, 0.2) is 57.6 Å². The van der Waals surface area contributed by atoms with Crippen LogP contribution in [0.1, 0.15) is 12.5 Å². The highest BCUT2D eigenvalue weighted by atomic mass is 32.2. The van der Waals surface area contributed by atoms with Crippen LogP contribution in [-0.2, 0) is 11.3 Å². The van der Waals surface area contributed by atoms with Gasteiger partial charge in [0.15, 0.2) is 6.04 Å². The molecule has 0 N–H and O–H groups in total. The quantitative estimate of drug-likeness (QED) is 0.520. The van der Waals surface area contributed by atoms with Crippen LogP contribution in [0.3, 0.4) is 0 Å². The van der Waals surface area contributed by atoms with E-state index in [9.17, 15) is 22.5 Å². The van der Waals surface area contributed by atoms with Gasteiger partial charge >= 0.3 is 5.25 Å². The maximum absolute atomic E-state index is 13.8. The molecule has 1 atom stereocenters. The number of benzene rings is 1. The summed E-state index contributed by atoms with van der Waals surface area (Å²) >= 11 is 0.0715. The maximum atomic E-state index is 13.8. The van der Waals surface area contributed by atoms with Gasteiger partial charge in [-0.3, -0.25) is 0 Å². The molecular formula is C16H15F4NO2S. The van der Waals surface area contributed by atoms with Crippen molar-refractivity contribution in [3.05, 3.63) is 62.9 Å². The Hall–Kier alpha value is -1.67. The highest BCUT2D eigenvalue weighted by Crippen LogP contribution is 2.54. The molecule has 130 valence electrons. The third-order valence-corrected chi connectivity index (χ3v) is 4.62. The third kappa shape index (κ3) is 4.05. The minimum Gasteiger partial charge on any atom is -0.372 e. The lowest BCUT2D eigenvalue weighted by Crippen LogP contribution is -2.25. The van der Waals surface area contributed by atoms with E-state index < -0.39 is 35.5 Å². The van der Waals surface area contributed by atoms with E-state index in [2.05, 4.69) is 5.18 Å². The van der Waals surface area contributed by atoms with Gasteiger partial charge in [-0.15, -0.1) is 4.91 Å². The minimum absolute atomic E-state index is 0.0538. The summed E-state index contributed by atoms with van der Waals surface area (Å²) in [6.07, 6.45) is -1.75. The van der Waals surface area contributed by atoms with E-state index in [0.29, 0.717) is 0 Å². The minimum atomic E-state index is -3.54. The van der Waals surface area contributed by atoms with Crippen molar-refractivity contribution < 1.29 is 22.3 Å². The van der Waals surface area contributed by atoms with Crippen LogP contribution in [0.2, 0.25) is 0 Å². The Kier molecular flexibility index (Phi) is 6.17. The van der Waals surface area contributed by atoms with Crippen LogP contribution < -0.4 is 0 Å². The van der Waals surface area contributed by atoms with Crippen molar-refractivity contribution in [3.63, 3.8) is 0 Å². The number of alkyl halides is 4. The van der Waals surface area contributed by atoms with Crippen molar-refractivity contribution in [2.45, 2.75) is 31.3 Å². The van der Waals surface area contributed by atoms with Crippen molar-refractivity contribution in [1.82, 2.24) is 0 Å². The standard InChI is InChI=1S/C16H15F4NO2S/c1-2-12-13(14(21-22)16(19,20)24-12)11(15(17)18)9-23-8-10-6-4-3-5-7-10/h2-7,14-15H,8-9H2,1H3/b12-2+,13-11-. The Bertz CT molecular complexity index is 647. The smallest absolute Gasteiger partial charge is 0.327 e. The molecule has 0 amide bonds. The molecule has 1 aliphatic rings. The summed E-state index contributed by atoms with van der Waals surface area (Å²) in [7, 11) is 0. The number of hydrogen-bond acceptors (Lipinski definition) is 4. The topological polar surface area (TPSA) is 38.7 Å². The monoisotopic (exact) mass is 361 g/mol. The number of allylic oxidation sites excluding steroid dienone is 1. The average Bonchev–Trinajstić information content (AvgIpc) is 2.82. The van der Waals surface area contributed by atoms with Gasteiger partial charge in [0.1, 0.15) is 0 Å². The lowest BCUT2D eigenvalue weighted by molar-refractivity contribution is 0.0870. The number of hydrogen-bond donors (Lipinski definition) is 0. The molecule has 1 unspecified atom stereocenters. The van der Waals surface area contributed by atoms with E-state index >= 15 is 0 Å². The first-order chi connectivity index (χ1) is 11.4. The van der Waals surface area contributed by atoms with E-state index in [4.69, 9.17) is 4.74 Å². The fourth-order valence-electron chi connectivity index (χ4n) is 2.33. The number of halogens is 4. The molecule has 1 aromatic rings. The second-order valence-electron chi connectivity index (χ2n) is 5.04. The van der Waals surface area contributed by atoms with Crippen molar-refractivity contribution >= 4 is 11.8 Å². The Labute approximate surface area is 140 Å². The first kappa shape index (κ1) is 18.7. The summed E-state index contributed by atoms with van der Waals surface area (Å²) < 4.78 is 59.6. The molecule has 0 radical (unpaired) electrons. The van der Waals surface area contributed by atoms with Crippen molar-refractivity contribution in [3.8, 4) is 0 Å². The predicted molar refractivity (Wildman–Crippen MR) is 85.0 cm³/mol. The van der Waals surface area contributed by atoms with Crippen molar-refractivity contribution in [2.24, 2.45) is 5.18 Å². The molecule has 0 aromatic heterocycles. The summed E-state index contributed by atoms with van der Waals surface area (Å²) in [5, 5.41) is -1.16. The number of rotatable bonds is 6. The number of ether oxygens (including phenoxy) is 1. The van der Waals surface area contributed by atoms with E-state index in [1.165, 1.54) is 13.0 Å². The Morgan fingerprint density at radius 1 is 1.38 bits per heavy atom. The van der Waals surface area contributed by atoms with E-state index in [1.807, 2.05) is 0 Å². The zero-order valence-electron chi connectivity index (χ0n) is 12.7. The molecule has 3 nitrogen and oxygen atoms in total. The Balaban J connectivity index is 2.26. The van der Waals surface area contributed by atoms with Gasteiger partial charge in [-0.2, -0.15) is 8.78 Å². The van der Waals surface area contributed by atoms with Gasteiger partial charge < -0.3 is 4.74 Å². The summed E-state index contributed by atoms with van der Waals surface area (Å²) in [6, 6.07) is 6.70. The van der Waals surface area contributed by atoms with E-state index in [1.54, 1.807) is 30.3 Å². The van der Waals surface area contributed by atoms with Gasteiger partial charge in [0, 0.05) is 16.1 Å². The second kappa shape index (κ2) is 7.94. The molecule has 0 bridgehead atoms. The molecule has 1 aliphatic heterocycles. The second-order valence-corrected chi connectivity index (χ2v) is 6.23. The molecule has 0 spiro atoms. The number of thioether (sulfide) groups is 1. The zero-order valence-corrected chi connectivity index (χ0v) is 13.5. The average molecular weight is 361 g/mol. The molecule has 1 fully saturated rings. The molecule has 8 heteroatoms. The van der Waals surface area contributed by atoms with Gasteiger partial charge in [0.05, 0.1) is 13.2 Å². The summed E-state index contributed by atoms with van der Waals surface area (Å²) in [6.45, 7) is 0.944. The predicted octanol–water partition coefficient (Wildman–Crippen LogP) is 5.14. The van der Waals surface area contributed by atoms with Crippen LogP contribution in [0.4, 0.5) is 17.6 Å². The first-order valence-electron chi connectivity index (χ1n) is 7.09. The molecule has 24 heavy (non-hydrogen) atoms. The molecular weight excluding hydrogens is 346 g/mol. The van der Waals surface area contributed by atoms with Crippen LogP contribution in [-0.4, -0.2) is 24.3 Å². The lowest BCUT2D eigenvalue weighted by Gasteiger charge is -2.15. The van der Waals surface area contributed by atoms with Crippen molar-refractivity contribution in [2.75, 3.05) is 6.61 Å². The van der Waals surface area contributed by atoms with Gasteiger partial charge in [0.2, 0.25) is 0 Å². The number of nitroso groups, excluding NO2 is 1. The van der Waals surface area contributed by atoms with Crippen LogP contribution in [0.25, 0.3) is 0 Å². The fraction of sp³-hybridized carbons (Fsp3) is 0.375. The molecule has 0 saturated carbocycles. The summed E-state index contributed by atoms with van der Waals surface area (Å²) in [5.41, 5.74) is -0.294. The summed E-state index contributed by atoms with van der Waals surface area (Å²) in [4.78, 5) is 10.8. The molecule has 1 aromatic carbocycles. The molecule has 2 rings (SSSR count). The molecule has 0 aliphatic carbocycles. The van der Waals surface area contributed by atoms with E-state index in [0.717, 1.165) is 5.56 Å².